The summed E-state index contributed by atoms with van der Waals surface area (Å²) in [7, 11) is 0. The summed E-state index contributed by atoms with van der Waals surface area (Å²) >= 11 is 6.06. The van der Waals surface area contributed by atoms with Crippen molar-refractivity contribution >= 4 is 29.2 Å². The fourth-order valence-corrected chi connectivity index (χ4v) is 5.15. The molecule has 2 aromatic carbocycles. The Labute approximate surface area is 232 Å². The zero-order chi connectivity index (χ0) is 27.5. The van der Waals surface area contributed by atoms with Crippen molar-refractivity contribution < 1.29 is 9.59 Å². The number of rotatable bonds is 7. The second kappa shape index (κ2) is 11.5. The van der Waals surface area contributed by atoms with Crippen molar-refractivity contribution in [2.24, 2.45) is 0 Å². The average molecular weight is 546 g/mol. The van der Waals surface area contributed by atoms with Gasteiger partial charge in [0, 0.05) is 68.1 Å². The van der Waals surface area contributed by atoms with Gasteiger partial charge in [0.05, 0.1) is 11.4 Å². The molecular formula is C30H32ClN5O3. The molecule has 39 heavy (non-hydrogen) atoms. The Bertz CT molecular complexity index is 1550. The van der Waals surface area contributed by atoms with Crippen molar-refractivity contribution in [2.45, 2.75) is 39.7 Å². The molecule has 202 valence electrons. The van der Waals surface area contributed by atoms with Gasteiger partial charge in [0.25, 0.3) is 11.5 Å². The van der Waals surface area contributed by atoms with Gasteiger partial charge in [-0.15, -0.1) is 0 Å². The Hall–Kier alpha value is -3.91. The minimum atomic E-state index is -0.164. The number of benzene rings is 2. The maximum atomic E-state index is 13.2. The Morgan fingerprint density at radius 3 is 2.18 bits per heavy atom. The number of fused-ring (bicyclic) bond motifs is 1. The largest absolute Gasteiger partial charge is 0.339 e. The van der Waals surface area contributed by atoms with Crippen molar-refractivity contribution in [3.63, 3.8) is 0 Å². The van der Waals surface area contributed by atoms with Gasteiger partial charge in [-0.2, -0.15) is 0 Å². The molecule has 8 nitrogen and oxygen atoms in total. The Kier molecular flexibility index (Phi) is 7.84. The van der Waals surface area contributed by atoms with E-state index in [1.165, 1.54) is 0 Å². The highest BCUT2D eigenvalue weighted by Gasteiger charge is 2.23. The van der Waals surface area contributed by atoms with Crippen LogP contribution in [0.25, 0.3) is 28.3 Å². The first-order chi connectivity index (χ1) is 18.9. The molecular weight excluding hydrogens is 514 g/mol. The number of imidazole rings is 1. The summed E-state index contributed by atoms with van der Waals surface area (Å²) in [6, 6.07) is 16.5. The quantitative estimate of drug-likeness (QED) is 0.307. The Morgan fingerprint density at radius 1 is 0.897 bits per heavy atom. The summed E-state index contributed by atoms with van der Waals surface area (Å²) in [5.41, 5.74) is 3.63. The van der Waals surface area contributed by atoms with E-state index in [0.29, 0.717) is 54.8 Å². The van der Waals surface area contributed by atoms with E-state index in [0.717, 1.165) is 36.1 Å². The first-order valence-corrected chi connectivity index (χ1v) is 13.8. The van der Waals surface area contributed by atoms with Crippen LogP contribution in [0, 0.1) is 0 Å². The van der Waals surface area contributed by atoms with Gasteiger partial charge in [-0.05, 0) is 36.2 Å². The number of halogens is 1. The van der Waals surface area contributed by atoms with Gasteiger partial charge < -0.3 is 14.4 Å². The molecule has 1 aliphatic rings. The summed E-state index contributed by atoms with van der Waals surface area (Å²) in [6.45, 7) is 6.55. The molecule has 0 unspecified atom stereocenters. The first kappa shape index (κ1) is 26.7. The van der Waals surface area contributed by atoms with Crippen LogP contribution in [0.2, 0.25) is 5.02 Å². The van der Waals surface area contributed by atoms with Crippen LogP contribution in [0.4, 0.5) is 0 Å². The van der Waals surface area contributed by atoms with Crippen LogP contribution in [-0.4, -0.2) is 61.7 Å². The smallest absolute Gasteiger partial charge is 0.259 e. The van der Waals surface area contributed by atoms with E-state index in [1.807, 2.05) is 48.5 Å². The summed E-state index contributed by atoms with van der Waals surface area (Å²) in [5, 5.41) is 0.643. The normalized spacial score (nSPS) is 13.7. The van der Waals surface area contributed by atoms with Gasteiger partial charge >= 0.3 is 0 Å². The van der Waals surface area contributed by atoms with E-state index in [9.17, 15) is 14.4 Å². The van der Waals surface area contributed by atoms with Crippen LogP contribution in [-0.2, 0) is 11.3 Å². The number of aromatic nitrogens is 3. The van der Waals surface area contributed by atoms with Crippen LogP contribution >= 0.6 is 11.6 Å². The molecule has 1 aliphatic heterocycles. The maximum absolute atomic E-state index is 13.2. The number of nitrogens with zero attached hydrogens (tertiary/aromatic N) is 5. The fraction of sp³-hybridized carbons (Fsp3) is 0.333. The second-order valence-corrected chi connectivity index (χ2v) is 10.3. The lowest BCUT2D eigenvalue weighted by molar-refractivity contribution is -0.130. The minimum absolute atomic E-state index is 0.0335. The van der Waals surface area contributed by atoms with E-state index in [4.69, 9.17) is 16.6 Å². The lowest BCUT2D eigenvalue weighted by Gasteiger charge is -2.34. The van der Waals surface area contributed by atoms with Gasteiger partial charge in [-0.25, -0.2) is 4.98 Å². The SMILES string of the molecule is CCCCCn1c(-c2ccc(C(=O)N3CCN(C(C)=O)CC3)cc2)cc(=O)n2cc(-c3ccc(Cl)cc3)nc12. The molecule has 0 bridgehead atoms. The summed E-state index contributed by atoms with van der Waals surface area (Å²) in [5.74, 6) is 0.564. The van der Waals surface area contributed by atoms with Crippen LogP contribution in [0.15, 0.2) is 65.6 Å². The van der Waals surface area contributed by atoms with Crippen LogP contribution in [0.5, 0.6) is 0 Å². The number of piperazine rings is 1. The predicted octanol–water partition coefficient (Wildman–Crippen LogP) is 4.98. The Morgan fingerprint density at radius 2 is 1.54 bits per heavy atom. The second-order valence-electron chi connectivity index (χ2n) is 9.91. The van der Waals surface area contributed by atoms with E-state index in [-0.39, 0.29) is 17.4 Å². The minimum Gasteiger partial charge on any atom is -0.339 e. The van der Waals surface area contributed by atoms with Gasteiger partial charge in [-0.3, -0.25) is 18.8 Å². The maximum Gasteiger partial charge on any atom is 0.259 e. The fourth-order valence-electron chi connectivity index (χ4n) is 5.03. The number of amides is 2. The van der Waals surface area contributed by atoms with Gasteiger partial charge in [0.15, 0.2) is 0 Å². The van der Waals surface area contributed by atoms with Gasteiger partial charge in [0.2, 0.25) is 11.7 Å². The number of carbonyl (C=O) groups excluding carboxylic acids is 2. The lowest BCUT2D eigenvalue weighted by atomic mass is 10.1. The highest BCUT2D eigenvalue weighted by atomic mass is 35.5. The van der Waals surface area contributed by atoms with Gasteiger partial charge in [0.1, 0.15) is 0 Å². The summed E-state index contributed by atoms with van der Waals surface area (Å²) in [6.07, 6.45) is 4.86. The molecule has 3 heterocycles. The molecule has 0 atom stereocenters. The van der Waals surface area contributed by atoms with E-state index >= 15 is 0 Å². The number of hydrogen-bond acceptors (Lipinski definition) is 4. The number of unbranched alkanes of at least 4 members (excludes halogenated alkanes) is 2. The topological polar surface area (TPSA) is 79.9 Å². The molecule has 2 amide bonds. The molecule has 5 rings (SSSR count). The summed E-state index contributed by atoms with van der Waals surface area (Å²) in [4.78, 5) is 46.3. The Balaban J connectivity index is 1.48. The molecule has 1 fully saturated rings. The standard InChI is InChI=1S/C30H32ClN5O3/c1-3-4-5-14-35-27(19-28(38)36-20-26(32-30(35)36)22-10-12-25(31)13-11-22)23-6-8-24(9-7-23)29(39)34-17-15-33(16-18-34)21(2)37/h6-13,19-20H,3-5,14-18H2,1-2H3. The number of hydrogen-bond donors (Lipinski definition) is 0. The number of carbonyl (C=O) groups is 2. The monoisotopic (exact) mass is 545 g/mol. The van der Waals surface area contributed by atoms with Crippen LogP contribution in [0.3, 0.4) is 0 Å². The molecule has 0 saturated carbocycles. The van der Waals surface area contributed by atoms with Crippen molar-refractivity contribution in [1.82, 2.24) is 23.8 Å². The third-order valence-corrected chi connectivity index (χ3v) is 7.53. The number of aryl methyl sites for hydroxylation is 1. The molecule has 0 N–H and O–H groups in total. The van der Waals surface area contributed by atoms with E-state index in [2.05, 4.69) is 11.5 Å². The molecule has 0 radical (unpaired) electrons. The molecule has 0 aliphatic carbocycles. The third kappa shape index (κ3) is 5.61. The highest BCUT2D eigenvalue weighted by molar-refractivity contribution is 6.30. The van der Waals surface area contributed by atoms with E-state index in [1.54, 1.807) is 33.4 Å². The van der Waals surface area contributed by atoms with Crippen molar-refractivity contribution in [1.29, 1.82) is 0 Å². The molecule has 1 saturated heterocycles. The molecule has 0 spiro atoms. The molecule has 2 aromatic heterocycles. The highest BCUT2D eigenvalue weighted by Crippen LogP contribution is 2.25. The van der Waals surface area contributed by atoms with Crippen LogP contribution < -0.4 is 5.56 Å². The third-order valence-electron chi connectivity index (χ3n) is 7.28. The van der Waals surface area contributed by atoms with Crippen LogP contribution in [0.1, 0.15) is 43.5 Å². The first-order valence-electron chi connectivity index (χ1n) is 13.4. The van der Waals surface area contributed by atoms with Crippen molar-refractivity contribution in [3.05, 3.63) is 81.7 Å². The lowest BCUT2D eigenvalue weighted by Crippen LogP contribution is -2.50. The van der Waals surface area contributed by atoms with Crippen molar-refractivity contribution in [2.75, 3.05) is 26.2 Å². The molecule has 9 heteroatoms. The van der Waals surface area contributed by atoms with E-state index < -0.39 is 0 Å². The summed E-state index contributed by atoms with van der Waals surface area (Å²) < 4.78 is 3.69. The van der Waals surface area contributed by atoms with Gasteiger partial charge in [-0.1, -0.05) is 55.6 Å². The zero-order valence-electron chi connectivity index (χ0n) is 22.3. The van der Waals surface area contributed by atoms with Crippen molar-refractivity contribution in [3.8, 4) is 22.5 Å². The average Bonchev–Trinajstić information content (AvgIpc) is 3.41. The molecule has 4 aromatic rings. The predicted molar refractivity (Wildman–Crippen MR) is 153 cm³/mol. The zero-order valence-corrected chi connectivity index (χ0v) is 23.0.